The fourth-order valence-electron chi connectivity index (χ4n) is 2.98. The van der Waals surface area contributed by atoms with Gasteiger partial charge in [0.2, 0.25) is 6.79 Å². The molecule has 1 aliphatic heterocycles. The van der Waals surface area contributed by atoms with Crippen LogP contribution in [-0.4, -0.2) is 33.0 Å². The van der Waals surface area contributed by atoms with Crippen molar-refractivity contribution in [2.24, 2.45) is 4.99 Å². The standard InChI is InChI=1S/C21H25F2N3O4.HI/c1-3-24-21(25-10-14-5-4-6-15(7-14)12-27-2)26-11-16-8-18-19(29-13-28-18)9-17(16)30-20(22)23;/h4-9,20H,3,10-13H2,1-2H3,(H2,24,25,26);1H. The Morgan fingerprint density at radius 2 is 1.87 bits per heavy atom. The molecule has 2 aromatic carbocycles. The average Bonchev–Trinajstić information content (AvgIpc) is 3.17. The summed E-state index contributed by atoms with van der Waals surface area (Å²) in [6.07, 6.45) is 0. The van der Waals surface area contributed by atoms with Crippen molar-refractivity contribution in [1.29, 1.82) is 0 Å². The molecule has 0 atom stereocenters. The molecule has 2 N–H and O–H groups in total. The molecule has 31 heavy (non-hydrogen) atoms. The van der Waals surface area contributed by atoms with E-state index in [0.29, 0.717) is 42.7 Å². The Morgan fingerprint density at radius 1 is 1.13 bits per heavy atom. The Labute approximate surface area is 197 Å². The van der Waals surface area contributed by atoms with E-state index >= 15 is 0 Å². The highest BCUT2D eigenvalue weighted by Gasteiger charge is 2.20. The third kappa shape index (κ3) is 7.39. The van der Waals surface area contributed by atoms with Gasteiger partial charge in [-0.05, 0) is 24.1 Å². The highest BCUT2D eigenvalue weighted by atomic mass is 127. The minimum atomic E-state index is -2.94. The lowest BCUT2D eigenvalue weighted by atomic mass is 10.1. The molecule has 1 heterocycles. The van der Waals surface area contributed by atoms with Crippen LogP contribution in [0.5, 0.6) is 17.2 Å². The third-order valence-electron chi connectivity index (χ3n) is 4.28. The molecular weight excluding hydrogens is 523 g/mol. The number of benzene rings is 2. The number of guanidine groups is 1. The molecule has 0 radical (unpaired) electrons. The summed E-state index contributed by atoms with van der Waals surface area (Å²) in [7, 11) is 1.65. The van der Waals surface area contributed by atoms with Gasteiger partial charge in [0.1, 0.15) is 5.75 Å². The number of alkyl halides is 2. The topological polar surface area (TPSA) is 73.3 Å². The number of halogens is 3. The van der Waals surface area contributed by atoms with Crippen LogP contribution >= 0.6 is 24.0 Å². The number of ether oxygens (including phenoxy) is 4. The van der Waals surface area contributed by atoms with Crippen LogP contribution in [0.25, 0.3) is 0 Å². The van der Waals surface area contributed by atoms with Crippen molar-refractivity contribution in [3.63, 3.8) is 0 Å². The van der Waals surface area contributed by atoms with Gasteiger partial charge in [-0.2, -0.15) is 8.78 Å². The van der Waals surface area contributed by atoms with Crippen LogP contribution in [0.4, 0.5) is 8.78 Å². The van der Waals surface area contributed by atoms with Gasteiger partial charge in [0.05, 0.1) is 13.2 Å². The zero-order chi connectivity index (χ0) is 21.3. The zero-order valence-corrected chi connectivity index (χ0v) is 19.7. The number of fused-ring (bicyclic) bond motifs is 1. The molecule has 0 saturated carbocycles. The van der Waals surface area contributed by atoms with E-state index < -0.39 is 6.61 Å². The molecule has 2 aromatic rings. The summed E-state index contributed by atoms with van der Waals surface area (Å²) in [4.78, 5) is 4.57. The fourth-order valence-corrected chi connectivity index (χ4v) is 2.98. The lowest BCUT2D eigenvalue weighted by Crippen LogP contribution is -2.36. The van der Waals surface area contributed by atoms with E-state index in [-0.39, 0.29) is 43.1 Å². The van der Waals surface area contributed by atoms with E-state index in [2.05, 4.69) is 20.4 Å². The molecule has 0 aromatic heterocycles. The monoisotopic (exact) mass is 549 g/mol. The molecule has 0 unspecified atom stereocenters. The molecule has 0 bridgehead atoms. The van der Waals surface area contributed by atoms with Gasteiger partial charge in [-0.25, -0.2) is 4.99 Å². The number of nitrogens with zero attached hydrogens (tertiary/aromatic N) is 1. The number of aliphatic imine (C=N–C) groups is 1. The van der Waals surface area contributed by atoms with Crippen molar-refractivity contribution >= 4 is 29.9 Å². The van der Waals surface area contributed by atoms with Crippen molar-refractivity contribution in [1.82, 2.24) is 10.6 Å². The number of hydrogen-bond acceptors (Lipinski definition) is 5. The maximum absolute atomic E-state index is 12.8. The summed E-state index contributed by atoms with van der Waals surface area (Å²) >= 11 is 0. The van der Waals surface area contributed by atoms with Gasteiger partial charge in [0.25, 0.3) is 0 Å². The SMILES string of the molecule is CCNC(=NCc1cccc(COC)c1)NCc1cc2c(cc1OC(F)F)OCO2.I. The fraction of sp³-hybridized carbons (Fsp3) is 0.381. The Morgan fingerprint density at radius 3 is 2.58 bits per heavy atom. The molecule has 10 heteroatoms. The molecule has 0 aliphatic carbocycles. The predicted octanol–water partition coefficient (Wildman–Crippen LogP) is 4.04. The van der Waals surface area contributed by atoms with Crippen LogP contribution in [-0.2, 0) is 24.4 Å². The molecular formula is C21H26F2IN3O4. The number of nitrogens with one attached hydrogen (secondary N) is 2. The zero-order valence-electron chi connectivity index (χ0n) is 17.3. The first-order chi connectivity index (χ1) is 14.6. The van der Waals surface area contributed by atoms with Crippen LogP contribution < -0.4 is 24.8 Å². The highest BCUT2D eigenvalue weighted by Crippen LogP contribution is 2.38. The van der Waals surface area contributed by atoms with E-state index in [1.807, 2.05) is 31.2 Å². The first-order valence-corrected chi connectivity index (χ1v) is 9.55. The van der Waals surface area contributed by atoms with Crippen molar-refractivity contribution in [3.8, 4) is 17.2 Å². The van der Waals surface area contributed by atoms with Gasteiger partial charge in [0, 0.05) is 31.8 Å². The Balaban J connectivity index is 0.00000341. The van der Waals surface area contributed by atoms with Gasteiger partial charge in [-0.15, -0.1) is 24.0 Å². The summed E-state index contributed by atoms with van der Waals surface area (Å²) in [6, 6.07) is 11.0. The molecule has 0 spiro atoms. The molecule has 0 amide bonds. The minimum Gasteiger partial charge on any atom is -0.454 e. The van der Waals surface area contributed by atoms with Gasteiger partial charge in [-0.3, -0.25) is 0 Å². The molecule has 7 nitrogen and oxygen atoms in total. The quantitative estimate of drug-likeness (QED) is 0.280. The second kappa shape index (κ2) is 12.5. The Hall–Kier alpha value is -2.34. The maximum Gasteiger partial charge on any atom is 0.387 e. The van der Waals surface area contributed by atoms with E-state index in [9.17, 15) is 8.78 Å². The lowest BCUT2D eigenvalue weighted by Gasteiger charge is -2.15. The van der Waals surface area contributed by atoms with Crippen LogP contribution in [0.3, 0.4) is 0 Å². The van der Waals surface area contributed by atoms with Crippen molar-refractivity contribution in [3.05, 3.63) is 53.1 Å². The third-order valence-corrected chi connectivity index (χ3v) is 4.28. The average molecular weight is 549 g/mol. The smallest absolute Gasteiger partial charge is 0.387 e. The second-order valence-corrected chi connectivity index (χ2v) is 6.49. The normalized spacial score (nSPS) is 12.5. The summed E-state index contributed by atoms with van der Waals surface area (Å²) in [6.45, 7) is 0.909. The number of hydrogen-bond donors (Lipinski definition) is 2. The van der Waals surface area contributed by atoms with Crippen molar-refractivity contribution < 1.29 is 27.7 Å². The van der Waals surface area contributed by atoms with Crippen molar-refractivity contribution in [2.75, 3.05) is 20.4 Å². The largest absolute Gasteiger partial charge is 0.454 e. The molecule has 0 fully saturated rings. The first-order valence-electron chi connectivity index (χ1n) is 9.55. The summed E-state index contributed by atoms with van der Waals surface area (Å²) in [5, 5.41) is 6.29. The van der Waals surface area contributed by atoms with E-state index in [4.69, 9.17) is 14.2 Å². The summed E-state index contributed by atoms with van der Waals surface area (Å²) in [5.41, 5.74) is 2.61. The molecule has 0 saturated heterocycles. The van der Waals surface area contributed by atoms with Crippen LogP contribution in [0.15, 0.2) is 41.4 Å². The molecule has 3 rings (SSSR count). The number of methoxy groups -OCH3 is 1. The van der Waals surface area contributed by atoms with Crippen molar-refractivity contribution in [2.45, 2.75) is 33.2 Å². The maximum atomic E-state index is 12.8. The van der Waals surface area contributed by atoms with E-state index in [1.165, 1.54) is 6.07 Å². The van der Waals surface area contributed by atoms with Gasteiger partial charge in [0.15, 0.2) is 17.5 Å². The predicted molar refractivity (Wildman–Crippen MR) is 123 cm³/mol. The van der Waals surface area contributed by atoms with Gasteiger partial charge < -0.3 is 29.6 Å². The summed E-state index contributed by atoms with van der Waals surface area (Å²) < 4.78 is 46.0. The Kier molecular flexibility index (Phi) is 10.0. The highest BCUT2D eigenvalue weighted by molar-refractivity contribution is 14.0. The van der Waals surface area contributed by atoms with Gasteiger partial charge >= 0.3 is 6.61 Å². The van der Waals surface area contributed by atoms with Gasteiger partial charge in [-0.1, -0.05) is 24.3 Å². The molecule has 1 aliphatic rings. The van der Waals surface area contributed by atoms with Crippen LogP contribution in [0.2, 0.25) is 0 Å². The molecule has 170 valence electrons. The Bertz CT molecular complexity index is 884. The summed E-state index contributed by atoms with van der Waals surface area (Å²) in [5.74, 6) is 1.46. The van der Waals surface area contributed by atoms with Crippen LogP contribution in [0.1, 0.15) is 23.6 Å². The lowest BCUT2D eigenvalue weighted by molar-refractivity contribution is -0.0505. The van der Waals surface area contributed by atoms with E-state index in [0.717, 1.165) is 11.1 Å². The van der Waals surface area contributed by atoms with Crippen LogP contribution in [0, 0.1) is 0 Å². The first kappa shape index (κ1) is 24.9. The number of rotatable bonds is 9. The second-order valence-electron chi connectivity index (χ2n) is 6.49. The minimum absolute atomic E-state index is 0. The van der Waals surface area contributed by atoms with E-state index in [1.54, 1.807) is 13.2 Å².